The van der Waals surface area contributed by atoms with E-state index in [4.69, 9.17) is 0 Å². The molecule has 0 unspecified atom stereocenters. The first-order valence-electron chi connectivity index (χ1n) is 11.7. The molecule has 1 aromatic heterocycles. The van der Waals surface area contributed by atoms with E-state index in [0.717, 1.165) is 28.6 Å². The van der Waals surface area contributed by atoms with Crippen molar-refractivity contribution < 1.29 is 31.9 Å². The predicted octanol–water partition coefficient (Wildman–Crippen LogP) is 3.82. The summed E-state index contributed by atoms with van der Waals surface area (Å²) in [5, 5.41) is 9.58. The number of piperidine rings is 1. The standard InChI is InChI=1S/C26H26F4N4O3/c27-19-5-6-22-21(15-19)18(16-33-22)8-11-32-24(36)25(9-12-31-13-10-25)34-23(35)7-4-17-2-1-3-20(14-17)37-26(28,29)30/h1-7,14-16,31,33H,8-13H2,(H,32,36)(H,34,35). The van der Waals surface area contributed by atoms with Crippen LogP contribution in [0.4, 0.5) is 17.6 Å². The molecule has 37 heavy (non-hydrogen) atoms. The summed E-state index contributed by atoms with van der Waals surface area (Å²) in [4.78, 5) is 29.0. The first kappa shape index (κ1) is 26.2. The lowest BCUT2D eigenvalue weighted by atomic mass is 9.87. The van der Waals surface area contributed by atoms with Crippen LogP contribution >= 0.6 is 0 Å². The van der Waals surface area contributed by atoms with Crippen molar-refractivity contribution in [3.05, 3.63) is 71.7 Å². The number of halogens is 4. The maximum atomic E-state index is 13.6. The smallest absolute Gasteiger partial charge is 0.406 e. The van der Waals surface area contributed by atoms with Crippen LogP contribution < -0.4 is 20.7 Å². The number of amides is 2. The minimum absolute atomic E-state index is 0.287. The van der Waals surface area contributed by atoms with Crippen molar-refractivity contribution in [2.45, 2.75) is 31.2 Å². The van der Waals surface area contributed by atoms with Crippen molar-refractivity contribution in [1.82, 2.24) is 20.9 Å². The van der Waals surface area contributed by atoms with Crippen molar-refractivity contribution in [3.8, 4) is 5.75 Å². The van der Waals surface area contributed by atoms with Gasteiger partial charge in [0, 0.05) is 29.7 Å². The first-order chi connectivity index (χ1) is 17.6. The number of benzene rings is 2. The second-order valence-corrected chi connectivity index (χ2v) is 8.78. The Morgan fingerprint density at radius 3 is 2.65 bits per heavy atom. The Morgan fingerprint density at radius 2 is 1.89 bits per heavy atom. The predicted molar refractivity (Wildman–Crippen MR) is 130 cm³/mol. The topological polar surface area (TPSA) is 95.2 Å². The van der Waals surface area contributed by atoms with Crippen molar-refractivity contribution in [1.29, 1.82) is 0 Å². The fraction of sp³-hybridized carbons (Fsp3) is 0.308. The van der Waals surface area contributed by atoms with Crippen LogP contribution in [-0.4, -0.2) is 48.3 Å². The minimum atomic E-state index is -4.82. The molecule has 1 saturated heterocycles. The lowest BCUT2D eigenvalue weighted by molar-refractivity contribution is -0.274. The zero-order chi connectivity index (χ0) is 26.5. The van der Waals surface area contributed by atoms with Crippen LogP contribution in [0.3, 0.4) is 0 Å². The fourth-order valence-corrected chi connectivity index (χ4v) is 4.36. The fourth-order valence-electron chi connectivity index (χ4n) is 4.36. The summed E-state index contributed by atoms with van der Waals surface area (Å²) in [6.45, 7) is 1.33. The van der Waals surface area contributed by atoms with Gasteiger partial charge in [0.15, 0.2) is 0 Å². The summed E-state index contributed by atoms with van der Waals surface area (Å²) in [6, 6.07) is 9.68. The molecular formula is C26H26F4N4O3. The summed E-state index contributed by atoms with van der Waals surface area (Å²) < 4.78 is 54.9. The van der Waals surface area contributed by atoms with E-state index >= 15 is 0 Å². The minimum Gasteiger partial charge on any atom is -0.406 e. The molecule has 4 rings (SSSR count). The molecule has 0 spiro atoms. The Balaban J connectivity index is 1.38. The third kappa shape index (κ3) is 6.88. The molecule has 1 aliphatic rings. The number of aromatic nitrogens is 1. The highest BCUT2D eigenvalue weighted by Gasteiger charge is 2.40. The molecule has 2 heterocycles. The highest BCUT2D eigenvalue weighted by molar-refractivity contribution is 5.97. The third-order valence-electron chi connectivity index (χ3n) is 6.18. The van der Waals surface area contributed by atoms with Gasteiger partial charge in [-0.3, -0.25) is 9.59 Å². The molecule has 0 radical (unpaired) electrons. The molecule has 196 valence electrons. The molecule has 1 fully saturated rings. The number of nitrogens with one attached hydrogen (secondary N) is 4. The largest absolute Gasteiger partial charge is 0.573 e. The molecule has 0 atom stereocenters. The van der Waals surface area contributed by atoms with Crippen molar-refractivity contribution in [2.75, 3.05) is 19.6 Å². The maximum absolute atomic E-state index is 13.6. The van der Waals surface area contributed by atoms with Gasteiger partial charge in [-0.15, -0.1) is 13.2 Å². The average molecular weight is 519 g/mol. The van der Waals surface area contributed by atoms with Gasteiger partial charge >= 0.3 is 6.36 Å². The number of rotatable bonds is 8. The van der Waals surface area contributed by atoms with E-state index in [-0.39, 0.29) is 18.3 Å². The molecule has 0 bridgehead atoms. The van der Waals surface area contributed by atoms with Gasteiger partial charge in [0.05, 0.1) is 0 Å². The van der Waals surface area contributed by atoms with Gasteiger partial charge in [-0.05, 0) is 79.9 Å². The number of H-pyrrole nitrogens is 1. The van der Waals surface area contributed by atoms with Gasteiger partial charge < -0.3 is 25.7 Å². The van der Waals surface area contributed by atoms with E-state index in [1.165, 1.54) is 36.4 Å². The number of carbonyl (C=O) groups excluding carboxylic acids is 2. The van der Waals surface area contributed by atoms with Gasteiger partial charge in [0.2, 0.25) is 11.8 Å². The van der Waals surface area contributed by atoms with Crippen LogP contribution in [0.2, 0.25) is 0 Å². The monoisotopic (exact) mass is 518 g/mol. The number of hydrogen-bond acceptors (Lipinski definition) is 4. The quantitative estimate of drug-likeness (QED) is 0.270. The number of fused-ring (bicyclic) bond motifs is 1. The highest BCUT2D eigenvalue weighted by Crippen LogP contribution is 2.24. The molecule has 4 N–H and O–H groups in total. The van der Waals surface area contributed by atoms with Crippen molar-refractivity contribution in [2.24, 2.45) is 0 Å². The van der Waals surface area contributed by atoms with Crippen LogP contribution in [0.1, 0.15) is 24.0 Å². The number of carbonyl (C=O) groups is 2. The second kappa shape index (κ2) is 11.0. The van der Waals surface area contributed by atoms with E-state index in [9.17, 15) is 27.2 Å². The average Bonchev–Trinajstić information content (AvgIpc) is 3.24. The van der Waals surface area contributed by atoms with Crippen LogP contribution in [0.15, 0.2) is 54.7 Å². The lowest BCUT2D eigenvalue weighted by Gasteiger charge is -2.36. The summed E-state index contributed by atoms with van der Waals surface area (Å²) in [6.07, 6.45) is 0.674. The number of alkyl halides is 3. The van der Waals surface area contributed by atoms with Gasteiger partial charge in [-0.25, -0.2) is 4.39 Å². The van der Waals surface area contributed by atoms with Crippen LogP contribution in [-0.2, 0) is 16.0 Å². The normalized spacial score (nSPS) is 15.6. The van der Waals surface area contributed by atoms with Gasteiger partial charge in [-0.2, -0.15) is 0 Å². The highest BCUT2D eigenvalue weighted by atomic mass is 19.4. The van der Waals surface area contributed by atoms with Crippen molar-refractivity contribution in [3.63, 3.8) is 0 Å². The Kier molecular flexibility index (Phi) is 7.82. The Hall–Kier alpha value is -3.86. The Morgan fingerprint density at radius 1 is 1.11 bits per heavy atom. The molecule has 11 heteroatoms. The van der Waals surface area contributed by atoms with Crippen molar-refractivity contribution >= 4 is 28.8 Å². The van der Waals surface area contributed by atoms with E-state index < -0.39 is 23.6 Å². The molecule has 2 aromatic carbocycles. The lowest BCUT2D eigenvalue weighted by Crippen LogP contribution is -2.62. The molecule has 2 amide bonds. The molecule has 1 aliphatic heterocycles. The second-order valence-electron chi connectivity index (χ2n) is 8.78. The summed E-state index contributed by atoms with van der Waals surface area (Å²) in [5.74, 6) is -1.63. The molecular weight excluding hydrogens is 492 g/mol. The van der Waals surface area contributed by atoms with Gasteiger partial charge in [0.25, 0.3) is 0 Å². The summed E-state index contributed by atoms with van der Waals surface area (Å²) in [5.41, 5.74) is 0.848. The zero-order valence-electron chi connectivity index (χ0n) is 19.8. The zero-order valence-corrected chi connectivity index (χ0v) is 19.8. The van der Waals surface area contributed by atoms with Gasteiger partial charge in [0.1, 0.15) is 17.1 Å². The Bertz CT molecular complexity index is 1300. The molecule has 7 nitrogen and oxygen atoms in total. The summed E-state index contributed by atoms with van der Waals surface area (Å²) >= 11 is 0. The van der Waals surface area contributed by atoms with E-state index in [0.29, 0.717) is 37.9 Å². The number of ether oxygens (including phenoxy) is 1. The van der Waals surface area contributed by atoms with Gasteiger partial charge in [-0.1, -0.05) is 12.1 Å². The number of hydrogen-bond donors (Lipinski definition) is 4. The van der Waals surface area contributed by atoms with Crippen LogP contribution in [0.25, 0.3) is 17.0 Å². The third-order valence-corrected chi connectivity index (χ3v) is 6.18. The molecule has 3 aromatic rings. The van der Waals surface area contributed by atoms with E-state index in [2.05, 4.69) is 25.7 Å². The van der Waals surface area contributed by atoms with Crippen LogP contribution in [0, 0.1) is 5.82 Å². The number of aromatic amines is 1. The van der Waals surface area contributed by atoms with E-state index in [1.54, 1.807) is 12.3 Å². The summed E-state index contributed by atoms with van der Waals surface area (Å²) in [7, 11) is 0. The Labute approximate surface area is 210 Å². The first-order valence-corrected chi connectivity index (χ1v) is 11.7. The molecule has 0 aliphatic carbocycles. The maximum Gasteiger partial charge on any atom is 0.573 e. The van der Waals surface area contributed by atoms with Crippen LogP contribution in [0.5, 0.6) is 5.75 Å². The molecule has 0 saturated carbocycles. The van der Waals surface area contributed by atoms with E-state index in [1.807, 2.05) is 0 Å². The SMILES string of the molecule is O=C(C=Cc1cccc(OC(F)(F)F)c1)NC1(C(=O)NCCc2c[nH]c3ccc(F)cc23)CCNCC1.